The maximum Gasteiger partial charge on any atom is 0.240 e. The van der Waals surface area contributed by atoms with E-state index in [-0.39, 0.29) is 23.5 Å². The van der Waals surface area contributed by atoms with Crippen molar-refractivity contribution < 1.29 is 17.9 Å². The van der Waals surface area contributed by atoms with Crippen LogP contribution in [0.3, 0.4) is 0 Å². The number of ether oxygens (including phenoxy) is 1. The third-order valence-corrected chi connectivity index (χ3v) is 4.23. The van der Waals surface area contributed by atoms with E-state index in [1.54, 1.807) is 0 Å². The first-order valence-corrected chi connectivity index (χ1v) is 7.96. The van der Waals surface area contributed by atoms with Gasteiger partial charge in [0.05, 0.1) is 11.5 Å². The van der Waals surface area contributed by atoms with E-state index in [2.05, 4.69) is 10.0 Å². The fraction of sp³-hybridized carbons (Fsp3) is 0.462. The van der Waals surface area contributed by atoms with Crippen LogP contribution in [0, 0.1) is 0 Å². The molecule has 4 N–H and O–H groups in total. The van der Waals surface area contributed by atoms with Crippen LogP contribution >= 0.6 is 0 Å². The van der Waals surface area contributed by atoms with Gasteiger partial charge in [0, 0.05) is 25.8 Å². The number of carbonyl (C=O) groups excluding carboxylic acids is 1. The number of hydrogen-bond acceptors (Lipinski definition) is 5. The molecule has 7 nitrogen and oxygen atoms in total. The summed E-state index contributed by atoms with van der Waals surface area (Å²) in [7, 11) is -2.15. The quantitative estimate of drug-likeness (QED) is 0.638. The van der Waals surface area contributed by atoms with Crippen LogP contribution in [0.4, 0.5) is 5.69 Å². The van der Waals surface area contributed by atoms with Crippen LogP contribution in [0.1, 0.15) is 13.3 Å². The highest BCUT2D eigenvalue weighted by atomic mass is 32.2. The maximum atomic E-state index is 12.2. The number of methoxy groups -OCH3 is 1. The molecule has 0 radical (unpaired) electrons. The van der Waals surface area contributed by atoms with Crippen molar-refractivity contribution in [1.82, 2.24) is 4.72 Å². The fourth-order valence-electron chi connectivity index (χ4n) is 1.79. The Bertz CT molecular complexity index is 551. The summed E-state index contributed by atoms with van der Waals surface area (Å²) in [6.07, 6.45) is 0.483. The van der Waals surface area contributed by atoms with Crippen molar-refractivity contribution >= 4 is 21.6 Å². The molecular formula is C13H21N3O4S. The minimum absolute atomic E-state index is 0.120. The monoisotopic (exact) mass is 315 g/mol. The Hall–Kier alpha value is -1.48. The molecule has 0 aliphatic heterocycles. The Labute approximate surface area is 124 Å². The van der Waals surface area contributed by atoms with Crippen LogP contribution < -0.4 is 15.8 Å². The van der Waals surface area contributed by atoms with E-state index in [1.807, 2.05) is 0 Å². The van der Waals surface area contributed by atoms with Crippen LogP contribution in [-0.4, -0.2) is 40.6 Å². The molecule has 0 aliphatic carbocycles. The minimum Gasteiger partial charge on any atom is -0.383 e. The summed E-state index contributed by atoms with van der Waals surface area (Å²) in [5.74, 6) is -0.216. The second kappa shape index (κ2) is 8.08. The lowest BCUT2D eigenvalue weighted by atomic mass is 10.2. The number of hydrogen-bond donors (Lipinski definition) is 3. The topological polar surface area (TPSA) is 111 Å². The van der Waals surface area contributed by atoms with Gasteiger partial charge >= 0.3 is 0 Å². The van der Waals surface area contributed by atoms with Crippen LogP contribution in [0.15, 0.2) is 29.2 Å². The van der Waals surface area contributed by atoms with E-state index in [0.29, 0.717) is 18.7 Å². The molecule has 0 aromatic heterocycles. The molecule has 118 valence electrons. The Morgan fingerprint density at radius 3 is 2.43 bits per heavy atom. The molecule has 0 saturated heterocycles. The molecule has 0 bridgehead atoms. The average molecular weight is 315 g/mol. The molecule has 0 heterocycles. The smallest absolute Gasteiger partial charge is 0.240 e. The van der Waals surface area contributed by atoms with Gasteiger partial charge in [0.1, 0.15) is 0 Å². The molecule has 1 atom stereocenters. The number of benzene rings is 1. The summed E-state index contributed by atoms with van der Waals surface area (Å²) in [5, 5.41) is 2.57. The molecule has 1 unspecified atom stereocenters. The molecule has 1 aromatic rings. The number of rotatable bonds is 8. The van der Waals surface area contributed by atoms with Crippen LogP contribution in [0.25, 0.3) is 0 Å². The number of nitrogens with two attached hydrogens (primary N) is 1. The molecule has 0 fully saturated rings. The summed E-state index contributed by atoms with van der Waals surface area (Å²) < 4.78 is 32.0. The van der Waals surface area contributed by atoms with Crippen molar-refractivity contribution in [2.75, 3.05) is 25.6 Å². The predicted octanol–water partition coefficient (Wildman–Crippen LogP) is 0.287. The van der Waals surface area contributed by atoms with Crippen molar-refractivity contribution in [3.05, 3.63) is 24.3 Å². The summed E-state index contributed by atoms with van der Waals surface area (Å²) in [4.78, 5) is 11.0. The summed E-state index contributed by atoms with van der Waals surface area (Å²) in [6, 6.07) is 5.55. The molecule has 21 heavy (non-hydrogen) atoms. The highest BCUT2D eigenvalue weighted by Crippen LogP contribution is 2.14. The number of anilines is 1. The fourth-order valence-corrected chi connectivity index (χ4v) is 3.04. The third kappa shape index (κ3) is 5.80. The zero-order valence-corrected chi connectivity index (χ0v) is 12.9. The number of sulfonamides is 1. The van der Waals surface area contributed by atoms with Gasteiger partial charge < -0.3 is 15.8 Å². The van der Waals surface area contributed by atoms with Crippen molar-refractivity contribution in [2.45, 2.75) is 24.3 Å². The summed E-state index contributed by atoms with van der Waals surface area (Å²) >= 11 is 0. The molecular weight excluding hydrogens is 294 g/mol. The van der Waals surface area contributed by atoms with Gasteiger partial charge in [-0.05, 0) is 37.2 Å². The molecule has 1 amide bonds. The molecule has 8 heteroatoms. The second-order valence-corrected chi connectivity index (χ2v) is 6.27. The number of amides is 1. The largest absolute Gasteiger partial charge is 0.383 e. The maximum absolute atomic E-state index is 12.2. The normalized spacial score (nSPS) is 12.9. The van der Waals surface area contributed by atoms with E-state index in [0.717, 1.165) is 0 Å². The SMILES string of the molecule is COCC(CCN)NS(=O)(=O)c1ccc(NC(C)=O)cc1. The minimum atomic E-state index is -3.65. The first-order valence-electron chi connectivity index (χ1n) is 6.48. The van der Waals surface area contributed by atoms with Gasteiger partial charge in [-0.2, -0.15) is 0 Å². The van der Waals surface area contributed by atoms with E-state index >= 15 is 0 Å². The molecule has 1 aromatic carbocycles. The lowest BCUT2D eigenvalue weighted by molar-refractivity contribution is -0.114. The van der Waals surface area contributed by atoms with Gasteiger partial charge in [-0.1, -0.05) is 0 Å². The van der Waals surface area contributed by atoms with Gasteiger partial charge in [0.25, 0.3) is 0 Å². The first kappa shape index (κ1) is 17.6. The van der Waals surface area contributed by atoms with E-state index in [4.69, 9.17) is 10.5 Å². The van der Waals surface area contributed by atoms with Gasteiger partial charge in [0.2, 0.25) is 15.9 Å². The number of carbonyl (C=O) groups is 1. The summed E-state index contributed by atoms with van der Waals surface area (Å²) in [5.41, 5.74) is 5.99. The van der Waals surface area contributed by atoms with Gasteiger partial charge in [-0.3, -0.25) is 4.79 Å². The molecule has 0 saturated carbocycles. The van der Waals surface area contributed by atoms with E-state index in [1.165, 1.54) is 38.3 Å². The predicted molar refractivity (Wildman–Crippen MR) is 80.4 cm³/mol. The zero-order chi connectivity index (χ0) is 15.9. The standard InChI is InChI=1S/C13H21N3O4S/c1-10(17)15-11-3-5-13(6-4-11)21(18,19)16-12(7-8-14)9-20-2/h3-6,12,16H,7-9,14H2,1-2H3,(H,15,17). The van der Waals surface area contributed by atoms with E-state index in [9.17, 15) is 13.2 Å². The highest BCUT2D eigenvalue weighted by molar-refractivity contribution is 7.89. The van der Waals surface area contributed by atoms with Crippen LogP contribution in [-0.2, 0) is 19.6 Å². The van der Waals surface area contributed by atoms with Gasteiger partial charge in [-0.25, -0.2) is 13.1 Å². The first-order chi connectivity index (χ1) is 9.89. The lowest BCUT2D eigenvalue weighted by Crippen LogP contribution is -2.39. The van der Waals surface area contributed by atoms with Gasteiger partial charge in [0.15, 0.2) is 0 Å². The Kier molecular flexibility index (Phi) is 6.76. The Balaban J connectivity index is 2.83. The van der Waals surface area contributed by atoms with Crippen molar-refractivity contribution in [3.63, 3.8) is 0 Å². The lowest BCUT2D eigenvalue weighted by Gasteiger charge is -2.17. The van der Waals surface area contributed by atoms with Crippen molar-refractivity contribution in [2.24, 2.45) is 5.73 Å². The number of nitrogens with one attached hydrogen (secondary N) is 2. The summed E-state index contributed by atoms with van der Waals surface area (Å²) in [6.45, 7) is 1.99. The highest BCUT2D eigenvalue weighted by Gasteiger charge is 2.19. The van der Waals surface area contributed by atoms with Gasteiger partial charge in [-0.15, -0.1) is 0 Å². The second-order valence-electron chi connectivity index (χ2n) is 4.56. The molecule has 0 aliphatic rings. The molecule has 1 rings (SSSR count). The van der Waals surface area contributed by atoms with E-state index < -0.39 is 10.0 Å². The van der Waals surface area contributed by atoms with Crippen LogP contribution in [0.5, 0.6) is 0 Å². The van der Waals surface area contributed by atoms with Crippen molar-refractivity contribution in [1.29, 1.82) is 0 Å². The molecule has 0 spiro atoms. The Morgan fingerprint density at radius 2 is 1.95 bits per heavy atom. The average Bonchev–Trinajstić information content (AvgIpc) is 2.38. The zero-order valence-electron chi connectivity index (χ0n) is 12.1. The van der Waals surface area contributed by atoms with Crippen molar-refractivity contribution in [3.8, 4) is 0 Å². The third-order valence-electron chi connectivity index (χ3n) is 2.69. The Morgan fingerprint density at radius 1 is 1.33 bits per heavy atom. The van der Waals surface area contributed by atoms with Crippen LogP contribution in [0.2, 0.25) is 0 Å².